The van der Waals surface area contributed by atoms with E-state index in [1.165, 1.54) is 5.56 Å². The molecule has 146 valence electrons. The Kier molecular flexibility index (Phi) is 6.19. The Morgan fingerprint density at radius 1 is 1.07 bits per heavy atom. The van der Waals surface area contributed by atoms with Crippen LogP contribution in [-0.4, -0.2) is 46.9 Å². The molecule has 0 bridgehead atoms. The van der Waals surface area contributed by atoms with Crippen molar-refractivity contribution < 1.29 is 9.21 Å². The zero-order valence-corrected chi connectivity index (χ0v) is 16.7. The van der Waals surface area contributed by atoms with E-state index in [1.54, 1.807) is 17.6 Å². The van der Waals surface area contributed by atoms with Crippen LogP contribution in [0, 0.1) is 0 Å². The highest BCUT2D eigenvalue weighted by Crippen LogP contribution is 2.24. The quantitative estimate of drug-likeness (QED) is 0.605. The average Bonchev–Trinajstić information content (AvgIpc) is 3.41. The number of carbonyl (C=O) groups excluding carboxylic acids is 1. The van der Waals surface area contributed by atoms with E-state index in [2.05, 4.69) is 39.5 Å². The van der Waals surface area contributed by atoms with Gasteiger partial charge in [0.15, 0.2) is 10.8 Å². The number of piperazine rings is 1. The zero-order valence-electron chi connectivity index (χ0n) is 15.9. The molecule has 1 fully saturated rings. The van der Waals surface area contributed by atoms with E-state index >= 15 is 0 Å². The molecule has 0 atom stereocenters. The lowest BCUT2D eigenvalue weighted by molar-refractivity contribution is -0.133. The third-order valence-electron chi connectivity index (χ3n) is 5.09. The number of rotatable bonds is 7. The van der Waals surface area contributed by atoms with E-state index in [9.17, 15) is 4.79 Å². The number of thiazole rings is 1. The molecule has 1 amide bonds. The molecule has 2 aromatic heterocycles. The number of hydrogen-bond donors (Lipinski definition) is 0. The summed E-state index contributed by atoms with van der Waals surface area (Å²) in [6.07, 6.45) is 4.19. The first-order chi connectivity index (χ1) is 13.8. The van der Waals surface area contributed by atoms with Crippen LogP contribution in [0.15, 0.2) is 58.5 Å². The predicted octanol–water partition coefficient (Wildman–Crippen LogP) is 4.07. The molecule has 0 spiro atoms. The van der Waals surface area contributed by atoms with E-state index in [4.69, 9.17) is 4.42 Å². The first-order valence-electron chi connectivity index (χ1n) is 9.80. The molecule has 1 saturated heterocycles. The molecule has 6 heteroatoms. The van der Waals surface area contributed by atoms with Crippen molar-refractivity contribution in [2.24, 2.45) is 0 Å². The molecule has 1 aromatic carbocycles. The summed E-state index contributed by atoms with van der Waals surface area (Å²) in [5.74, 6) is 1.10. The van der Waals surface area contributed by atoms with Crippen LogP contribution in [0.3, 0.4) is 0 Å². The van der Waals surface area contributed by atoms with Gasteiger partial charge in [0.2, 0.25) is 5.91 Å². The van der Waals surface area contributed by atoms with Crippen LogP contribution < -0.4 is 0 Å². The predicted molar refractivity (Wildman–Crippen MR) is 111 cm³/mol. The maximum atomic E-state index is 12.5. The van der Waals surface area contributed by atoms with Gasteiger partial charge in [0.25, 0.3) is 0 Å². The minimum atomic E-state index is 0.282. The summed E-state index contributed by atoms with van der Waals surface area (Å²) in [4.78, 5) is 21.5. The fourth-order valence-corrected chi connectivity index (χ4v) is 4.30. The van der Waals surface area contributed by atoms with Gasteiger partial charge in [-0.2, -0.15) is 0 Å². The fraction of sp³-hybridized carbons (Fsp3) is 0.364. The third-order valence-corrected chi connectivity index (χ3v) is 6.00. The second-order valence-electron chi connectivity index (χ2n) is 7.12. The summed E-state index contributed by atoms with van der Waals surface area (Å²) >= 11 is 1.61. The van der Waals surface area contributed by atoms with Crippen LogP contribution in [0.2, 0.25) is 0 Å². The molecule has 1 aliphatic heterocycles. The van der Waals surface area contributed by atoms with Crippen molar-refractivity contribution in [2.45, 2.75) is 25.8 Å². The SMILES string of the molecule is O=C(CCCc1ccccc1)N1CCN(Cc2csc(-c3ccco3)n2)CC1. The molecule has 5 nitrogen and oxygen atoms in total. The molecule has 0 saturated carbocycles. The van der Waals surface area contributed by atoms with Crippen molar-refractivity contribution in [3.63, 3.8) is 0 Å². The number of benzene rings is 1. The second-order valence-corrected chi connectivity index (χ2v) is 7.98. The highest BCUT2D eigenvalue weighted by Gasteiger charge is 2.21. The van der Waals surface area contributed by atoms with Gasteiger partial charge in [0, 0.05) is 44.5 Å². The van der Waals surface area contributed by atoms with Crippen LogP contribution >= 0.6 is 11.3 Å². The number of furan rings is 1. The Hall–Kier alpha value is -2.44. The Bertz CT molecular complexity index is 868. The van der Waals surface area contributed by atoms with Gasteiger partial charge < -0.3 is 9.32 Å². The maximum absolute atomic E-state index is 12.5. The van der Waals surface area contributed by atoms with E-state index in [0.29, 0.717) is 6.42 Å². The minimum absolute atomic E-state index is 0.282. The standard InChI is InChI=1S/C22H25N3O2S/c26-21(10-4-8-18-6-2-1-3-7-18)25-13-11-24(12-14-25)16-19-17-28-22(23-19)20-9-5-15-27-20/h1-3,5-7,9,15,17H,4,8,10-14,16H2. The lowest BCUT2D eigenvalue weighted by Crippen LogP contribution is -2.48. The molecule has 0 unspecified atom stereocenters. The normalized spacial score (nSPS) is 15.1. The van der Waals surface area contributed by atoms with Gasteiger partial charge in [-0.05, 0) is 30.5 Å². The number of aryl methyl sites for hydroxylation is 1. The van der Waals surface area contributed by atoms with Crippen molar-refractivity contribution in [3.05, 3.63) is 65.4 Å². The van der Waals surface area contributed by atoms with Gasteiger partial charge in [0.05, 0.1) is 12.0 Å². The molecule has 28 heavy (non-hydrogen) atoms. The van der Waals surface area contributed by atoms with Crippen LogP contribution in [0.1, 0.15) is 24.1 Å². The topological polar surface area (TPSA) is 49.6 Å². The lowest BCUT2D eigenvalue weighted by Gasteiger charge is -2.34. The van der Waals surface area contributed by atoms with Gasteiger partial charge in [0.1, 0.15) is 0 Å². The smallest absolute Gasteiger partial charge is 0.222 e. The molecule has 0 N–H and O–H groups in total. The summed E-state index contributed by atoms with van der Waals surface area (Å²) in [6, 6.07) is 14.2. The van der Waals surface area contributed by atoms with Gasteiger partial charge in [-0.1, -0.05) is 30.3 Å². The Morgan fingerprint density at radius 3 is 2.64 bits per heavy atom. The van der Waals surface area contributed by atoms with E-state index in [0.717, 1.165) is 62.0 Å². The third kappa shape index (κ3) is 4.88. The zero-order chi connectivity index (χ0) is 19.2. The van der Waals surface area contributed by atoms with Crippen LogP contribution in [0.5, 0.6) is 0 Å². The summed E-state index contributed by atoms with van der Waals surface area (Å²) < 4.78 is 5.41. The summed E-state index contributed by atoms with van der Waals surface area (Å²) in [5.41, 5.74) is 2.37. The van der Waals surface area contributed by atoms with E-state index < -0.39 is 0 Å². The number of carbonyl (C=O) groups is 1. The monoisotopic (exact) mass is 395 g/mol. The lowest BCUT2D eigenvalue weighted by atomic mass is 10.1. The average molecular weight is 396 g/mol. The second kappa shape index (κ2) is 9.17. The van der Waals surface area contributed by atoms with Crippen molar-refractivity contribution in [2.75, 3.05) is 26.2 Å². The fourth-order valence-electron chi connectivity index (χ4n) is 3.52. The molecule has 3 aromatic rings. The molecule has 1 aliphatic rings. The Labute approximate surface area is 169 Å². The first-order valence-corrected chi connectivity index (χ1v) is 10.7. The highest BCUT2D eigenvalue weighted by atomic mass is 32.1. The van der Waals surface area contributed by atoms with Gasteiger partial charge in [-0.3, -0.25) is 9.69 Å². The van der Waals surface area contributed by atoms with E-state index in [-0.39, 0.29) is 5.91 Å². The van der Waals surface area contributed by atoms with Crippen LogP contribution in [-0.2, 0) is 17.8 Å². The molecule has 0 aliphatic carbocycles. The Morgan fingerprint density at radius 2 is 1.89 bits per heavy atom. The molecular weight excluding hydrogens is 370 g/mol. The first kappa shape index (κ1) is 18.9. The molecule has 4 rings (SSSR count). The molecular formula is C22H25N3O2S. The van der Waals surface area contributed by atoms with Gasteiger partial charge in [-0.25, -0.2) is 4.98 Å². The summed E-state index contributed by atoms with van der Waals surface area (Å²) in [5, 5.41) is 3.02. The summed E-state index contributed by atoms with van der Waals surface area (Å²) in [7, 11) is 0. The maximum Gasteiger partial charge on any atom is 0.222 e. The number of nitrogens with zero attached hydrogens (tertiary/aromatic N) is 3. The molecule has 0 radical (unpaired) electrons. The van der Waals surface area contributed by atoms with Crippen molar-refractivity contribution in [3.8, 4) is 10.8 Å². The van der Waals surface area contributed by atoms with Crippen LogP contribution in [0.25, 0.3) is 10.8 Å². The van der Waals surface area contributed by atoms with Crippen molar-refractivity contribution >= 4 is 17.2 Å². The van der Waals surface area contributed by atoms with Crippen molar-refractivity contribution in [1.29, 1.82) is 0 Å². The molecule has 3 heterocycles. The minimum Gasteiger partial charge on any atom is -0.462 e. The number of aromatic nitrogens is 1. The van der Waals surface area contributed by atoms with Gasteiger partial charge >= 0.3 is 0 Å². The van der Waals surface area contributed by atoms with Gasteiger partial charge in [-0.15, -0.1) is 11.3 Å². The van der Waals surface area contributed by atoms with E-state index in [1.807, 2.05) is 23.1 Å². The number of hydrogen-bond acceptors (Lipinski definition) is 5. The largest absolute Gasteiger partial charge is 0.462 e. The number of amides is 1. The van der Waals surface area contributed by atoms with Crippen molar-refractivity contribution in [1.82, 2.24) is 14.8 Å². The van der Waals surface area contributed by atoms with Crippen LogP contribution in [0.4, 0.5) is 0 Å². The highest BCUT2D eigenvalue weighted by molar-refractivity contribution is 7.13. The summed E-state index contributed by atoms with van der Waals surface area (Å²) in [6.45, 7) is 4.24. The Balaban J connectivity index is 1.19.